The van der Waals surface area contributed by atoms with Gasteiger partial charge in [-0.2, -0.15) is 0 Å². The van der Waals surface area contributed by atoms with Crippen molar-refractivity contribution in [3.63, 3.8) is 0 Å². The molecule has 1 aliphatic heterocycles. The molecule has 0 spiro atoms. The van der Waals surface area contributed by atoms with Crippen molar-refractivity contribution >= 4 is 34.6 Å². The van der Waals surface area contributed by atoms with Crippen molar-refractivity contribution in [2.24, 2.45) is 0 Å². The first-order valence-electron chi connectivity index (χ1n) is 8.88. The molecule has 1 aliphatic rings. The standard InChI is InChI=1S/C20H24ClN3O2/c1-26-19-10-7-16(13-18(19)21)22-14-20(25)23-15-5-8-17(9-6-15)24-11-3-2-4-12-24/h5-10,13,22H,2-4,11-12,14H2,1H3,(H,23,25). The summed E-state index contributed by atoms with van der Waals surface area (Å²) in [5.74, 6) is 0.498. The number of methoxy groups -OCH3 is 1. The van der Waals surface area contributed by atoms with Gasteiger partial charge in [-0.05, 0) is 61.7 Å². The van der Waals surface area contributed by atoms with Crippen molar-refractivity contribution in [2.45, 2.75) is 19.3 Å². The first kappa shape index (κ1) is 18.4. The van der Waals surface area contributed by atoms with Crippen molar-refractivity contribution in [3.05, 3.63) is 47.5 Å². The van der Waals surface area contributed by atoms with E-state index >= 15 is 0 Å². The second kappa shape index (κ2) is 8.81. The van der Waals surface area contributed by atoms with Gasteiger partial charge in [0.25, 0.3) is 0 Å². The molecule has 0 atom stereocenters. The van der Waals surface area contributed by atoms with Crippen molar-refractivity contribution in [3.8, 4) is 5.75 Å². The predicted octanol–water partition coefficient (Wildman–Crippen LogP) is 4.39. The van der Waals surface area contributed by atoms with E-state index in [1.165, 1.54) is 24.9 Å². The maximum Gasteiger partial charge on any atom is 0.243 e. The monoisotopic (exact) mass is 373 g/mol. The molecule has 1 saturated heterocycles. The van der Waals surface area contributed by atoms with E-state index in [0.29, 0.717) is 10.8 Å². The Hall–Kier alpha value is -2.40. The molecule has 0 saturated carbocycles. The lowest BCUT2D eigenvalue weighted by molar-refractivity contribution is -0.114. The number of carbonyl (C=O) groups excluding carboxylic acids is 1. The van der Waals surface area contributed by atoms with Gasteiger partial charge >= 0.3 is 0 Å². The number of nitrogens with one attached hydrogen (secondary N) is 2. The Bertz CT molecular complexity index is 743. The summed E-state index contributed by atoms with van der Waals surface area (Å²) in [5, 5.41) is 6.47. The van der Waals surface area contributed by atoms with Crippen LogP contribution < -0.4 is 20.3 Å². The highest BCUT2D eigenvalue weighted by Gasteiger charge is 2.11. The summed E-state index contributed by atoms with van der Waals surface area (Å²) in [6.07, 6.45) is 3.82. The predicted molar refractivity (Wildman–Crippen MR) is 108 cm³/mol. The second-order valence-corrected chi connectivity index (χ2v) is 6.75. The van der Waals surface area contributed by atoms with Crippen LogP contribution in [0.2, 0.25) is 5.02 Å². The van der Waals surface area contributed by atoms with Crippen LogP contribution >= 0.6 is 11.6 Å². The van der Waals surface area contributed by atoms with Crippen LogP contribution in [0.15, 0.2) is 42.5 Å². The van der Waals surface area contributed by atoms with Gasteiger partial charge < -0.3 is 20.3 Å². The Morgan fingerprint density at radius 1 is 1.08 bits per heavy atom. The lowest BCUT2D eigenvalue weighted by Crippen LogP contribution is -2.29. The van der Waals surface area contributed by atoms with Crippen LogP contribution in [0.4, 0.5) is 17.1 Å². The first-order chi connectivity index (χ1) is 12.7. The van der Waals surface area contributed by atoms with Crippen LogP contribution in [0.25, 0.3) is 0 Å². The number of hydrogen-bond acceptors (Lipinski definition) is 4. The van der Waals surface area contributed by atoms with E-state index in [1.807, 2.05) is 18.2 Å². The number of rotatable bonds is 6. The number of halogens is 1. The molecule has 6 heteroatoms. The van der Waals surface area contributed by atoms with Gasteiger partial charge in [0.2, 0.25) is 5.91 Å². The molecule has 26 heavy (non-hydrogen) atoms. The van der Waals surface area contributed by atoms with Gasteiger partial charge in [0, 0.05) is 30.2 Å². The Labute approximate surface area is 159 Å². The van der Waals surface area contributed by atoms with Crippen molar-refractivity contribution in [1.82, 2.24) is 0 Å². The van der Waals surface area contributed by atoms with Crippen LogP contribution in [0.1, 0.15) is 19.3 Å². The maximum atomic E-state index is 12.1. The summed E-state index contributed by atoms with van der Waals surface area (Å²) < 4.78 is 5.12. The molecule has 2 N–H and O–H groups in total. The number of ether oxygens (including phenoxy) is 1. The molecule has 138 valence electrons. The molecule has 0 bridgehead atoms. The number of anilines is 3. The summed E-state index contributed by atoms with van der Waals surface area (Å²) in [7, 11) is 1.57. The van der Waals surface area contributed by atoms with Crippen molar-refractivity contribution in [1.29, 1.82) is 0 Å². The summed E-state index contributed by atoms with van der Waals surface area (Å²) in [5.41, 5.74) is 2.78. The molecule has 0 unspecified atom stereocenters. The number of piperidine rings is 1. The van der Waals surface area contributed by atoms with Crippen LogP contribution in [-0.4, -0.2) is 32.7 Å². The molecule has 1 fully saturated rings. The van der Waals surface area contributed by atoms with Crippen LogP contribution in [-0.2, 0) is 4.79 Å². The van der Waals surface area contributed by atoms with Crippen LogP contribution in [0, 0.1) is 0 Å². The third-order valence-corrected chi connectivity index (χ3v) is 4.77. The lowest BCUT2D eigenvalue weighted by atomic mass is 10.1. The first-order valence-corrected chi connectivity index (χ1v) is 9.26. The molecule has 2 aromatic carbocycles. The van der Waals surface area contributed by atoms with E-state index in [4.69, 9.17) is 16.3 Å². The Morgan fingerprint density at radius 3 is 2.42 bits per heavy atom. The molecule has 5 nitrogen and oxygen atoms in total. The molecule has 2 aromatic rings. The van der Waals surface area contributed by atoms with Crippen LogP contribution in [0.5, 0.6) is 5.75 Å². The molecular formula is C20H24ClN3O2. The summed E-state index contributed by atoms with van der Waals surface area (Å²) >= 11 is 6.08. The van der Waals surface area contributed by atoms with Gasteiger partial charge in [0.05, 0.1) is 18.7 Å². The Kier molecular flexibility index (Phi) is 6.23. The number of hydrogen-bond donors (Lipinski definition) is 2. The van der Waals surface area contributed by atoms with Gasteiger partial charge in [0.1, 0.15) is 5.75 Å². The fourth-order valence-electron chi connectivity index (χ4n) is 3.07. The fourth-order valence-corrected chi connectivity index (χ4v) is 3.33. The molecule has 0 aliphatic carbocycles. The number of nitrogens with zero attached hydrogens (tertiary/aromatic N) is 1. The van der Waals surface area contributed by atoms with Gasteiger partial charge in [-0.15, -0.1) is 0 Å². The number of amides is 1. The normalized spacial score (nSPS) is 14.0. The third-order valence-electron chi connectivity index (χ3n) is 4.48. The average Bonchev–Trinajstić information content (AvgIpc) is 2.68. The van der Waals surface area contributed by atoms with Crippen molar-refractivity contribution in [2.75, 3.05) is 42.3 Å². The van der Waals surface area contributed by atoms with Crippen molar-refractivity contribution < 1.29 is 9.53 Å². The highest BCUT2D eigenvalue weighted by Crippen LogP contribution is 2.27. The van der Waals surface area contributed by atoms with E-state index in [9.17, 15) is 4.79 Å². The SMILES string of the molecule is COc1ccc(NCC(=O)Nc2ccc(N3CCCCC3)cc2)cc1Cl. The quantitative estimate of drug-likeness (QED) is 0.788. The highest BCUT2D eigenvalue weighted by atomic mass is 35.5. The fraction of sp³-hybridized carbons (Fsp3) is 0.350. The molecule has 1 heterocycles. The zero-order chi connectivity index (χ0) is 18.4. The Balaban J connectivity index is 1.50. The summed E-state index contributed by atoms with van der Waals surface area (Å²) in [6.45, 7) is 2.39. The zero-order valence-corrected chi connectivity index (χ0v) is 15.7. The minimum Gasteiger partial charge on any atom is -0.495 e. The highest BCUT2D eigenvalue weighted by molar-refractivity contribution is 6.32. The van der Waals surface area contributed by atoms with Gasteiger partial charge in [0.15, 0.2) is 0 Å². The van der Waals surface area contributed by atoms with Gasteiger partial charge in [-0.3, -0.25) is 4.79 Å². The number of benzene rings is 2. The third kappa shape index (κ3) is 4.82. The molecule has 1 amide bonds. The number of carbonyl (C=O) groups is 1. The second-order valence-electron chi connectivity index (χ2n) is 6.35. The van der Waals surface area contributed by atoms with Gasteiger partial charge in [-0.1, -0.05) is 11.6 Å². The van der Waals surface area contributed by atoms with E-state index in [-0.39, 0.29) is 12.5 Å². The minimum absolute atomic E-state index is 0.109. The van der Waals surface area contributed by atoms with Crippen LogP contribution in [0.3, 0.4) is 0 Å². The smallest absolute Gasteiger partial charge is 0.243 e. The van der Waals surface area contributed by atoms with E-state index < -0.39 is 0 Å². The lowest BCUT2D eigenvalue weighted by Gasteiger charge is -2.28. The van der Waals surface area contributed by atoms with E-state index in [1.54, 1.807) is 19.2 Å². The zero-order valence-electron chi connectivity index (χ0n) is 14.9. The molecule has 3 rings (SSSR count). The van der Waals surface area contributed by atoms with E-state index in [0.717, 1.165) is 24.5 Å². The minimum atomic E-state index is -0.109. The molecule has 0 radical (unpaired) electrons. The topological polar surface area (TPSA) is 53.6 Å². The van der Waals surface area contributed by atoms with Gasteiger partial charge in [-0.25, -0.2) is 0 Å². The average molecular weight is 374 g/mol. The molecule has 0 aromatic heterocycles. The molecular weight excluding hydrogens is 350 g/mol. The maximum absolute atomic E-state index is 12.1. The Morgan fingerprint density at radius 2 is 1.77 bits per heavy atom. The summed E-state index contributed by atoms with van der Waals surface area (Å²) in [6, 6.07) is 13.4. The van der Waals surface area contributed by atoms with E-state index in [2.05, 4.69) is 27.7 Å². The summed E-state index contributed by atoms with van der Waals surface area (Å²) in [4.78, 5) is 14.5. The largest absolute Gasteiger partial charge is 0.495 e.